The van der Waals surface area contributed by atoms with Crippen molar-refractivity contribution in [3.63, 3.8) is 0 Å². The predicted octanol–water partition coefficient (Wildman–Crippen LogP) is 5.92. The average molecular weight is 565 g/mol. The maximum absolute atomic E-state index is 12.6. The van der Waals surface area contributed by atoms with Crippen molar-refractivity contribution in [1.29, 1.82) is 0 Å². The summed E-state index contributed by atoms with van der Waals surface area (Å²) in [6.07, 6.45) is -2.25. The van der Waals surface area contributed by atoms with Crippen LogP contribution in [0.3, 0.4) is 0 Å². The van der Waals surface area contributed by atoms with Crippen LogP contribution in [0.5, 0.6) is 11.5 Å². The molecule has 0 spiro atoms. The van der Waals surface area contributed by atoms with Crippen LogP contribution in [0.1, 0.15) is 0 Å². The Morgan fingerprint density at radius 1 is 0.688 bits per heavy atom. The van der Waals surface area contributed by atoms with E-state index < -0.39 is 25.9 Å². The monoisotopic (exact) mass is 562 g/mol. The molecule has 0 aliphatic heterocycles. The third-order valence-electron chi connectivity index (χ3n) is 4.01. The van der Waals surface area contributed by atoms with E-state index >= 15 is 0 Å². The molecule has 0 bridgehead atoms. The zero-order valence-electron chi connectivity index (χ0n) is 16.8. The molecule has 2 unspecified atom stereocenters. The van der Waals surface area contributed by atoms with Gasteiger partial charge in [-0.2, -0.15) is 0 Å². The number of hydrogen-bond donors (Lipinski definition) is 4. The number of alkyl halides is 6. The van der Waals surface area contributed by atoms with Crippen LogP contribution in [-0.4, -0.2) is 40.2 Å². The molecule has 0 saturated heterocycles. The Bertz CT molecular complexity index is 801. The third-order valence-corrected chi connectivity index (χ3v) is 5.32. The minimum absolute atomic E-state index is 0.566. The molecular weight excluding hydrogens is 545 g/mol. The van der Waals surface area contributed by atoms with E-state index in [9.17, 15) is 4.79 Å². The molecule has 2 rings (SSSR count). The smallest absolute Gasteiger partial charge is 0.318 e. The molecule has 13 heteroatoms. The number of urea groups is 1. The number of carbonyl (C=O) groups excluding carboxylic acids is 1. The number of ether oxygens (including phenoxy) is 2. The highest BCUT2D eigenvalue weighted by Gasteiger charge is 2.37. The standard InChI is InChI=1S/C19H20Cl6N4O3/c1-31-13-7-3-11(4-8-13)26-15(18(20,21)22)28-17(30)29-16(19(23,24)25)27-12-5-9-14(32-2)10-6-12/h3-10,15-16,26-27H,1-2H3,(H2,28,29,30). The summed E-state index contributed by atoms with van der Waals surface area (Å²) in [4.78, 5) is 12.6. The Morgan fingerprint density at radius 3 is 1.25 bits per heavy atom. The van der Waals surface area contributed by atoms with Crippen molar-refractivity contribution >= 4 is 87.0 Å². The van der Waals surface area contributed by atoms with Crippen LogP contribution in [0.4, 0.5) is 16.2 Å². The van der Waals surface area contributed by atoms with Crippen molar-refractivity contribution in [3.05, 3.63) is 48.5 Å². The maximum atomic E-state index is 12.6. The highest BCUT2D eigenvalue weighted by molar-refractivity contribution is 6.68. The summed E-state index contributed by atoms with van der Waals surface area (Å²) < 4.78 is 6.40. The molecule has 0 heterocycles. The van der Waals surface area contributed by atoms with Crippen molar-refractivity contribution in [2.75, 3.05) is 24.9 Å². The fourth-order valence-electron chi connectivity index (χ4n) is 2.41. The van der Waals surface area contributed by atoms with Crippen LogP contribution < -0.4 is 30.7 Å². The predicted molar refractivity (Wildman–Crippen MR) is 133 cm³/mol. The number of halogens is 6. The van der Waals surface area contributed by atoms with Crippen molar-refractivity contribution < 1.29 is 14.3 Å². The molecule has 7 nitrogen and oxygen atoms in total. The summed E-state index contributed by atoms with van der Waals surface area (Å²) in [5, 5.41) is 10.9. The van der Waals surface area contributed by atoms with Gasteiger partial charge < -0.3 is 30.7 Å². The van der Waals surface area contributed by atoms with Crippen molar-refractivity contribution in [2.45, 2.75) is 19.9 Å². The molecule has 2 aromatic carbocycles. The van der Waals surface area contributed by atoms with Gasteiger partial charge in [0.05, 0.1) is 14.2 Å². The highest BCUT2D eigenvalue weighted by Crippen LogP contribution is 2.33. The average Bonchev–Trinajstić information content (AvgIpc) is 2.72. The molecule has 2 amide bonds. The largest absolute Gasteiger partial charge is 0.497 e. The van der Waals surface area contributed by atoms with Crippen molar-refractivity contribution in [2.24, 2.45) is 0 Å². The van der Waals surface area contributed by atoms with E-state index in [0.29, 0.717) is 22.9 Å². The number of anilines is 2. The Labute approximate surface area is 215 Å². The topological polar surface area (TPSA) is 83.7 Å². The molecule has 2 atom stereocenters. The molecule has 2 aromatic rings. The number of methoxy groups -OCH3 is 2. The minimum Gasteiger partial charge on any atom is -0.497 e. The van der Waals surface area contributed by atoms with Crippen molar-refractivity contribution in [3.8, 4) is 11.5 Å². The fourth-order valence-corrected chi connectivity index (χ4v) is 3.07. The zero-order chi connectivity index (χ0) is 23.9. The number of nitrogens with one attached hydrogen (secondary N) is 4. The summed E-state index contributed by atoms with van der Waals surface area (Å²) in [5.74, 6) is 1.28. The first-order valence-corrected chi connectivity index (χ1v) is 11.2. The molecular formula is C19H20Cl6N4O3. The number of carbonyl (C=O) groups is 1. The Balaban J connectivity index is 2.09. The molecule has 32 heavy (non-hydrogen) atoms. The number of rotatable bonds is 8. The normalized spacial score (nSPS) is 13.5. The molecule has 176 valence electrons. The molecule has 0 radical (unpaired) electrons. The molecule has 4 N–H and O–H groups in total. The maximum Gasteiger partial charge on any atom is 0.318 e. The van der Waals surface area contributed by atoms with Gasteiger partial charge in [0.25, 0.3) is 0 Å². The Kier molecular flexibility index (Phi) is 9.82. The number of benzene rings is 2. The lowest BCUT2D eigenvalue weighted by atomic mass is 10.3. The van der Waals surface area contributed by atoms with Crippen LogP contribution >= 0.6 is 69.6 Å². The van der Waals surface area contributed by atoms with Crippen LogP contribution in [0.25, 0.3) is 0 Å². The third kappa shape index (κ3) is 8.54. The molecule has 0 fully saturated rings. The lowest BCUT2D eigenvalue weighted by Gasteiger charge is -2.31. The first-order chi connectivity index (χ1) is 14.9. The lowest BCUT2D eigenvalue weighted by molar-refractivity contribution is 0.235. The van der Waals surface area contributed by atoms with E-state index in [1.165, 1.54) is 0 Å². The minimum atomic E-state index is -1.91. The second-order valence-corrected chi connectivity index (χ2v) is 11.1. The van der Waals surface area contributed by atoms with Crippen LogP contribution in [0, 0.1) is 0 Å². The van der Waals surface area contributed by atoms with Crippen LogP contribution in [0.15, 0.2) is 48.5 Å². The first kappa shape index (κ1) is 26.9. The Morgan fingerprint density at radius 2 is 1.00 bits per heavy atom. The van der Waals surface area contributed by atoms with Gasteiger partial charge in [0.15, 0.2) is 0 Å². The van der Waals surface area contributed by atoms with Gasteiger partial charge in [-0.1, -0.05) is 69.6 Å². The quantitative estimate of drug-likeness (QED) is 0.236. The van der Waals surface area contributed by atoms with E-state index in [2.05, 4.69) is 21.3 Å². The summed E-state index contributed by atoms with van der Waals surface area (Å²) in [6.45, 7) is 0. The van der Waals surface area contributed by atoms with Gasteiger partial charge in [-0.25, -0.2) is 4.79 Å². The fraction of sp³-hybridized carbons (Fsp3) is 0.316. The van der Waals surface area contributed by atoms with Gasteiger partial charge in [-0.3, -0.25) is 0 Å². The number of hydrogen-bond acceptors (Lipinski definition) is 5. The van der Waals surface area contributed by atoms with Gasteiger partial charge in [0.1, 0.15) is 23.8 Å². The molecule has 0 saturated carbocycles. The van der Waals surface area contributed by atoms with E-state index in [0.717, 1.165) is 0 Å². The van der Waals surface area contributed by atoms with Crippen LogP contribution in [0.2, 0.25) is 0 Å². The SMILES string of the molecule is COc1ccc(NC(NC(=O)NC(Nc2ccc(OC)cc2)C(Cl)(Cl)Cl)C(Cl)(Cl)Cl)cc1. The summed E-state index contributed by atoms with van der Waals surface area (Å²) >= 11 is 36.2. The number of amides is 2. The summed E-state index contributed by atoms with van der Waals surface area (Å²) in [5.41, 5.74) is 1.13. The second-order valence-electron chi connectivity index (χ2n) is 6.31. The van der Waals surface area contributed by atoms with E-state index in [-0.39, 0.29) is 0 Å². The lowest BCUT2D eigenvalue weighted by Crippen LogP contribution is -2.57. The van der Waals surface area contributed by atoms with Gasteiger partial charge in [0.2, 0.25) is 7.59 Å². The molecule has 0 aliphatic carbocycles. The second kappa shape index (κ2) is 11.7. The Hall–Kier alpha value is -1.35. The van der Waals surface area contributed by atoms with Gasteiger partial charge >= 0.3 is 6.03 Å². The summed E-state index contributed by atoms with van der Waals surface area (Å²) in [7, 11) is 3.08. The van der Waals surface area contributed by atoms with Crippen LogP contribution in [-0.2, 0) is 0 Å². The van der Waals surface area contributed by atoms with E-state index in [1.54, 1.807) is 62.8 Å². The highest BCUT2D eigenvalue weighted by atomic mass is 35.6. The molecule has 0 aliphatic rings. The van der Waals surface area contributed by atoms with E-state index in [1.807, 2.05) is 0 Å². The van der Waals surface area contributed by atoms with Gasteiger partial charge in [-0.05, 0) is 48.5 Å². The summed E-state index contributed by atoms with van der Waals surface area (Å²) in [6, 6.07) is 12.8. The first-order valence-electron chi connectivity index (χ1n) is 8.94. The van der Waals surface area contributed by atoms with Crippen molar-refractivity contribution in [1.82, 2.24) is 10.6 Å². The van der Waals surface area contributed by atoms with Gasteiger partial charge in [0, 0.05) is 11.4 Å². The molecule has 0 aromatic heterocycles. The van der Waals surface area contributed by atoms with E-state index in [4.69, 9.17) is 79.1 Å². The zero-order valence-corrected chi connectivity index (χ0v) is 21.3. The van der Waals surface area contributed by atoms with Gasteiger partial charge in [-0.15, -0.1) is 0 Å².